The molecule has 1 aliphatic carbocycles. The number of esters is 1. The molecule has 1 saturated carbocycles. The normalized spacial score (nSPS) is 23.7. The van der Waals surface area contributed by atoms with Gasteiger partial charge in [-0.25, -0.2) is 14.0 Å². The molecule has 2 heterocycles. The first-order valence-electron chi connectivity index (χ1n) is 16.3. The van der Waals surface area contributed by atoms with Crippen molar-refractivity contribution in [1.29, 1.82) is 0 Å². The fraction of sp³-hybridized carbons (Fsp3) is 0.500. The number of halogens is 1. The van der Waals surface area contributed by atoms with Crippen LogP contribution in [0.3, 0.4) is 0 Å². The Morgan fingerprint density at radius 3 is 2.30 bits per heavy atom. The highest BCUT2D eigenvalue weighted by Gasteiger charge is 2.51. The van der Waals surface area contributed by atoms with Gasteiger partial charge in [0.1, 0.15) is 23.9 Å². The van der Waals surface area contributed by atoms with E-state index in [0.717, 1.165) is 5.56 Å². The van der Waals surface area contributed by atoms with Crippen molar-refractivity contribution in [3.63, 3.8) is 0 Å². The predicted octanol–water partition coefficient (Wildman–Crippen LogP) is 6.19. The van der Waals surface area contributed by atoms with Crippen LogP contribution in [-0.2, 0) is 19.1 Å². The van der Waals surface area contributed by atoms with Crippen LogP contribution >= 0.6 is 0 Å². The number of furan rings is 1. The Balaban J connectivity index is 1.48. The Hall–Kier alpha value is -4.41. The first kappa shape index (κ1) is 33.9. The summed E-state index contributed by atoms with van der Waals surface area (Å²) in [5.74, 6) is -2.66. The number of primary amides is 1. The summed E-state index contributed by atoms with van der Waals surface area (Å²) in [5, 5.41) is 3.31. The highest BCUT2D eigenvalue weighted by atomic mass is 19.1. The summed E-state index contributed by atoms with van der Waals surface area (Å²) in [6.07, 6.45) is 1.49. The first-order valence-corrected chi connectivity index (χ1v) is 16.3. The van der Waals surface area contributed by atoms with Gasteiger partial charge in [-0.1, -0.05) is 48.5 Å². The van der Waals surface area contributed by atoms with Crippen molar-refractivity contribution in [3.05, 3.63) is 71.5 Å². The molecule has 0 bridgehead atoms. The number of hydrogen-bond acceptors (Lipinski definition) is 7. The number of rotatable bonds is 9. The molecule has 252 valence electrons. The Bertz CT molecular complexity index is 1590. The molecule has 10 nitrogen and oxygen atoms in total. The van der Waals surface area contributed by atoms with Crippen LogP contribution in [0.5, 0.6) is 0 Å². The highest BCUT2D eigenvalue weighted by Crippen LogP contribution is 2.50. The molecular weight excluding hydrogens is 605 g/mol. The minimum absolute atomic E-state index is 0.00417. The molecule has 3 N–H and O–H groups in total. The van der Waals surface area contributed by atoms with Gasteiger partial charge in [-0.2, -0.15) is 0 Å². The zero-order chi connectivity index (χ0) is 33.9. The summed E-state index contributed by atoms with van der Waals surface area (Å²) in [6.45, 7) is 6.29. The summed E-state index contributed by atoms with van der Waals surface area (Å²) in [4.78, 5) is 55.1. The van der Waals surface area contributed by atoms with E-state index in [-0.39, 0.29) is 24.2 Å². The van der Waals surface area contributed by atoms with E-state index in [4.69, 9.17) is 19.6 Å². The highest BCUT2D eigenvalue weighted by molar-refractivity contribution is 5.98. The maximum atomic E-state index is 14.6. The van der Waals surface area contributed by atoms with Gasteiger partial charge in [-0.05, 0) is 77.3 Å². The molecule has 2 aliphatic rings. The minimum Gasteiger partial charge on any atom is -0.460 e. The number of nitrogens with one attached hydrogen (secondary N) is 1. The van der Waals surface area contributed by atoms with E-state index in [1.54, 1.807) is 44.7 Å². The number of nitrogens with two attached hydrogens (primary N) is 1. The molecule has 3 aromatic rings. The number of nitrogens with zero attached hydrogens (tertiary/aromatic N) is 1. The summed E-state index contributed by atoms with van der Waals surface area (Å²) in [5.41, 5.74) is 7.17. The van der Waals surface area contributed by atoms with Crippen LogP contribution in [0.1, 0.15) is 93.4 Å². The molecule has 2 aromatic carbocycles. The largest absolute Gasteiger partial charge is 0.460 e. The molecule has 1 aliphatic heterocycles. The number of amides is 3. The summed E-state index contributed by atoms with van der Waals surface area (Å²) < 4.78 is 30.9. The van der Waals surface area contributed by atoms with Crippen molar-refractivity contribution < 1.29 is 37.5 Å². The molecule has 0 spiro atoms. The second kappa shape index (κ2) is 14.1. The number of carbonyl (C=O) groups is 4. The molecule has 2 fully saturated rings. The van der Waals surface area contributed by atoms with Gasteiger partial charge < -0.3 is 29.8 Å². The number of hydrogen-bond donors (Lipinski definition) is 2. The van der Waals surface area contributed by atoms with Gasteiger partial charge >= 0.3 is 12.1 Å². The Kier molecular flexibility index (Phi) is 10.2. The quantitative estimate of drug-likeness (QED) is 0.263. The SMILES string of the molecule is CCOC(=O)c1oc2ccccc2c1C1C[C@H](c2ccccc2)[C@@H](C(N)=O)N1C(=O)C1CCC([C@@H](CF)NC(=O)OC(C)(C)C)CC1. The first-order chi connectivity index (χ1) is 22.4. The molecule has 3 amide bonds. The lowest BCUT2D eigenvalue weighted by atomic mass is 9.78. The second-order valence-corrected chi connectivity index (χ2v) is 13.4. The third kappa shape index (κ3) is 7.29. The molecule has 5 rings (SSSR count). The maximum absolute atomic E-state index is 14.6. The molecule has 11 heteroatoms. The number of alkyl carbamates (subject to hydrolysis) is 1. The number of fused-ring (bicyclic) bond motifs is 1. The zero-order valence-corrected chi connectivity index (χ0v) is 27.4. The molecule has 4 atom stereocenters. The summed E-state index contributed by atoms with van der Waals surface area (Å²) in [7, 11) is 0. The van der Waals surface area contributed by atoms with Crippen molar-refractivity contribution in [2.45, 2.75) is 89.4 Å². The van der Waals surface area contributed by atoms with Crippen LogP contribution in [0, 0.1) is 11.8 Å². The third-order valence-corrected chi connectivity index (χ3v) is 9.25. The van der Waals surface area contributed by atoms with E-state index < -0.39 is 60.2 Å². The van der Waals surface area contributed by atoms with Gasteiger partial charge in [0.25, 0.3) is 0 Å². The molecule has 0 radical (unpaired) electrons. The zero-order valence-electron chi connectivity index (χ0n) is 27.4. The van der Waals surface area contributed by atoms with Crippen LogP contribution in [0.2, 0.25) is 0 Å². The van der Waals surface area contributed by atoms with Crippen LogP contribution in [0.4, 0.5) is 9.18 Å². The van der Waals surface area contributed by atoms with Crippen molar-refractivity contribution in [1.82, 2.24) is 10.2 Å². The van der Waals surface area contributed by atoms with Gasteiger partial charge in [0.05, 0.1) is 18.7 Å². The van der Waals surface area contributed by atoms with Gasteiger partial charge in [0.15, 0.2) is 0 Å². The molecular formula is C36H44FN3O7. The van der Waals surface area contributed by atoms with Crippen LogP contribution < -0.4 is 11.1 Å². The molecule has 1 saturated heterocycles. The van der Waals surface area contributed by atoms with Crippen molar-refractivity contribution in [3.8, 4) is 0 Å². The average Bonchev–Trinajstić information content (AvgIpc) is 3.62. The van der Waals surface area contributed by atoms with Crippen LogP contribution in [0.15, 0.2) is 59.0 Å². The lowest BCUT2D eigenvalue weighted by molar-refractivity contribution is -0.144. The van der Waals surface area contributed by atoms with Crippen molar-refractivity contribution >= 4 is 34.8 Å². The van der Waals surface area contributed by atoms with E-state index in [1.807, 2.05) is 42.5 Å². The molecule has 47 heavy (non-hydrogen) atoms. The smallest absolute Gasteiger partial charge is 0.407 e. The van der Waals surface area contributed by atoms with Crippen molar-refractivity contribution in [2.24, 2.45) is 17.6 Å². The van der Waals surface area contributed by atoms with Gasteiger partial charge in [0, 0.05) is 22.8 Å². The second-order valence-electron chi connectivity index (χ2n) is 13.4. The van der Waals surface area contributed by atoms with E-state index in [0.29, 0.717) is 48.6 Å². The van der Waals surface area contributed by atoms with Gasteiger partial charge in [0.2, 0.25) is 17.6 Å². The Morgan fingerprint density at radius 1 is 1.02 bits per heavy atom. The lowest BCUT2D eigenvalue weighted by Crippen LogP contribution is -2.50. The number of alkyl halides is 1. The fourth-order valence-electron chi connectivity index (χ4n) is 7.24. The van der Waals surface area contributed by atoms with E-state index in [9.17, 15) is 23.6 Å². The maximum Gasteiger partial charge on any atom is 0.407 e. The lowest BCUT2D eigenvalue weighted by Gasteiger charge is -2.37. The minimum atomic E-state index is -0.983. The fourth-order valence-corrected chi connectivity index (χ4v) is 7.24. The van der Waals surface area contributed by atoms with Crippen molar-refractivity contribution in [2.75, 3.05) is 13.3 Å². The summed E-state index contributed by atoms with van der Waals surface area (Å²) >= 11 is 0. The average molecular weight is 650 g/mol. The predicted molar refractivity (Wildman–Crippen MR) is 173 cm³/mol. The van der Waals surface area contributed by atoms with E-state index in [1.165, 1.54) is 0 Å². The standard InChI is InChI=1S/C36H44FN3O7/c1-5-45-34(43)31-29(24-13-9-10-14-28(24)46-31)27-19-25(21-11-7-6-8-12-21)30(32(38)41)40(27)33(42)23-17-15-22(16-18-23)26(20-37)39-35(44)47-36(2,3)4/h6-14,22-23,25-27,30H,5,15-20H2,1-4H3,(H2,38,41)(H,39,44)/t22?,23?,25-,26-,27?,30+/m1/s1. The van der Waals surface area contributed by atoms with Gasteiger partial charge in [-0.15, -0.1) is 0 Å². The number of para-hydroxylation sites is 1. The van der Waals surface area contributed by atoms with E-state index in [2.05, 4.69) is 5.32 Å². The van der Waals surface area contributed by atoms with Crippen LogP contribution in [-0.4, -0.2) is 59.7 Å². The Morgan fingerprint density at radius 2 is 1.68 bits per heavy atom. The number of ether oxygens (including phenoxy) is 2. The monoisotopic (exact) mass is 649 g/mol. The molecule has 1 unspecified atom stereocenters. The van der Waals surface area contributed by atoms with E-state index >= 15 is 0 Å². The topological polar surface area (TPSA) is 141 Å². The third-order valence-electron chi connectivity index (χ3n) is 9.25. The number of carbonyl (C=O) groups excluding carboxylic acids is 4. The summed E-state index contributed by atoms with van der Waals surface area (Å²) in [6, 6.07) is 14.2. The Labute approximate surface area is 274 Å². The van der Waals surface area contributed by atoms with Gasteiger partial charge in [-0.3, -0.25) is 9.59 Å². The number of likely N-dealkylation sites (tertiary alicyclic amines) is 1. The number of benzene rings is 2. The van der Waals surface area contributed by atoms with Crippen LogP contribution in [0.25, 0.3) is 11.0 Å². The molecule has 1 aromatic heterocycles.